The Kier molecular flexibility index (Phi) is 3.62. The van der Waals surface area contributed by atoms with Gasteiger partial charge < -0.3 is 5.32 Å². The van der Waals surface area contributed by atoms with Gasteiger partial charge in [-0.25, -0.2) is 4.98 Å². The van der Waals surface area contributed by atoms with Crippen LogP contribution in [-0.2, 0) is 10.2 Å². The summed E-state index contributed by atoms with van der Waals surface area (Å²) in [5, 5.41) is 3.10. The highest BCUT2D eigenvalue weighted by molar-refractivity contribution is 8.00. The number of thioether (sulfide) groups is 1. The van der Waals surface area contributed by atoms with Crippen LogP contribution in [0.25, 0.3) is 10.2 Å². The molecule has 0 atom stereocenters. The smallest absolute Gasteiger partial charge is 0.235 e. The minimum absolute atomic E-state index is 0.0951. The molecule has 0 saturated heterocycles. The van der Waals surface area contributed by atoms with E-state index < -0.39 is 0 Å². The molecule has 1 fully saturated rings. The van der Waals surface area contributed by atoms with Gasteiger partial charge in [-0.05, 0) is 42.9 Å². The van der Waals surface area contributed by atoms with Crippen LogP contribution in [0.4, 0.5) is 5.69 Å². The number of aromatic nitrogens is 1. The highest BCUT2D eigenvalue weighted by atomic mass is 32.2. The number of anilines is 1. The largest absolute Gasteiger partial charge is 0.325 e. The van der Waals surface area contributed by atoms with Crippen molar-refractivity contribution >= 4 is 44.9 Å². The van der Waals surface area contributed by atoms with Crippen molar-refractivity contribution in [3.63, 3.8) is 0 Å². The van der Waals surface area contributed by atoms with Gasteiger partial charge in [-0.3, -0.25) is 4.79 Å². The van der Waals surface area contributed by atoms with Gasteiger partial charge in [0.1, 0.15) is 0 Å². The number of thiazole rings is 1. The van der Waals surface area contributed by atoms with Gasteiger partial charge in [0, 0.05) is 5.69 Å². The molecule has 4 rings (SSSR count). The molecule has 5 heteroatoms. The molecule has 0 bridgehead atoms. The molecule has 116 valence electrons. The third-order valence-electron chi connectivity index (χ3n) is 4.31. The van der Waals surface area contributed by atoms with Crippen molar-refractivity contribution in [3.8, 4) is 0 Å². The second-order valence-corrected chi connectivity index (χ2v) is 7.85. The standard InChI is InChI=1S/C18H16N2OS2/c1-22-17-20-14-8-7-13(11-15(14)23-17)19-16(21)18(9-10-18)12-5-3-2-4-6-12/h2-8,11H,9-10H2,1H3,(H,19,21). The van der Waals surface area contributed by atoms with Gasteiger partial charge in [0.05, 0.1) is 15.6 Å². The van der Waals surface area contributed by atoms with Gasteiger partial charge in [-0.15, -0.1) is 11.3 Å². The van der Waals surface area contributed by atoms with Crippen LogP contribution >= 0.6 is 23.1 Å². The molecule has 1 saturated carbocycles. The predicted molar refractivity (Wildman–Crippen MR) is 97.4 cm³/mol. The van der Waals surface area contributed by atoms with E-state index in [0.29, 0.717) is 0 Å². The van der Waals surface area contributed by atoms with Crippen molar-refractivity contribution < 1.29 is 4.79 Å². The lowest BCUT2D eigenvalue weighted by atomic mass is 9.95. The summed E-state index contributed by atoms with van der Waals surface area (Å²) < 4.78 is 2.16. The molecule has 0 aliphatic heterocycles. The summed E-state index contributed by atoms with van der Waals surface area (Å²) in [5.74, 6) is 0.0951. The average Bonchev–Trinajstić information content (AvgIpc) is 3.30. The van der Waals surface area contributed by atoms with E-state index in [-0.39, 0.29) is 11.3 Å². The zero-order valence-corrected chi connectivity index (χ0v) is 14.3. The van der Waals surface area contributed by atoms with Crippen LogP contribution < -0.4 is 5.32 Å². The van der Waals surface area contributed by atoms with E-state index in [2.05, 4.69) is 10.3 Å². The highest BCUT2D eigenvalue weighted by Gasteiger charge is 2.51. The monoisotopic (exact) mass is 340 g/mol. The predicted octanol–water partition coefficient (Wildman–Crippen LogP) is 4.69. The summed E-state index contributed by atoms with van der Waals surface area (Å²) in [6, 6.07) is 16.0. The van der Waals surface area contributed by atoms with Crippen molar-refractivity contribution in [3.05, 3.63) is 54.1 Å². The maximum Gasteiger partial charge on any atom is 0.235 e. The van der Waals surface area contributed by atoms with Crippen molar-refractivity contribution in [2.75, 3.05) is 11.6 Å². The van der Waals surface area contributed by atoms with Crippen LogP contribution in [0.5, 0.6) is 0 Å². The number of amides is 1. The van der Waals surface area contributed by atoms with Gasteiger partial charge in [0.2, 0.25) is 5.91 Å². The first kappa shape index (κ1) is 14.7. The molecule has 3 aromatic rings. The summed E-state index contributed by atoms with van der Waals surface area (Å²) >= 11 is 3.30. The molecule has 0 radical (unpaired) electrons. The number of fused-ring (bicyclic) bond motifs is 1. The van der Waals surface area contributed by atoms with E-state index in [1.54, 1.807) is 23.1 Å². The number of benzene rings is 2. The van der Waals surface area contributed by atoms with Gasteiger partial charge in [0.15, 0.2) is 4.34 Å². The molecule has 23 heavy (non-hydrogen) atoms. The lowest BCUT2D eigenvalue weighted by molar-refractivity contribution is -0.118. The van der Waals surface area contributed by atoms with Crippen LogP contribution in [-0.4, -0.2) is 17.1 Å². The molecule has 0 unspecified atom stereocenters. The first-order chi connectivity index (χ1) is 11.2. The molecule has 1 amide bonds. The minimum Gasteiger partial charge on any atom is -0.325 e. The van der Waals surface area contributed by atoms with Crippen LogP contribution in [0.15, 0.2) is 52.9 Å². The summed E-state index contributed by atoms with van der Waals surface area (Å²) in [4.78, 5) is 17.3. The molecular formula is C18H16N2OS2. The Bertz CT molecular complexity index is 869. The number of carbonyl (C=O) groups excluding carboxylic acids is 1. The molecule has 3 nitrogen and oxygen atoms in total. The average molecular weight is 340 g/mol. The Morgan fingerprint density at radius 3 is 2.70 bits per heavy atom. The van der Waals surface area contributed by atoms with Gasteiger partial charge >= 0.3 is 0 Å². The maximum atomic E-state index is 12.8. The Balaban J connectivity index is 1.59. The van der Waals surface area contributed by atoms with Gasteiger partial charge in [-0.2, -0.15) is 0 Å². The molecule has 1 aromatic heterocycles. The summed E-state index contributed by atoms with van der Waals surface area (Å²) in [6.45, 7) is 0. The molecule has 1 heterocycles. The molecule has 1 aliphatic carbocycles. The Hall–Kier alpha value is -1.85. The van der Waals surface area contributed by atoms with E-state index >= 15 is 0 Å². The van der Waals surface area contributed by atoms with Crippen molar-refractivity contribution in [1.29, 1.82) is 0 Å². The van der Waals surface area contributed by atoms with E-state index in [4.69, 9.17) is 0 Å². The number of nitrogens with zero attached hydrogens (tertiary/aromatic N) is 1. The summed E-state index contributed by atoms with van der Waals surface area (Å²) in [5.41, 5.74) is 2.61. The maximum absolute atomic E-state index is 12.8. The Morgan fingerprint density at radius 2 is 2.00 bits per heavy atom. The number of carbonyl (C=O) groups is 1. The summed E-state index contributed by atoms with van der Waals surface area (Å²) in [7, 11) is 0. The number of rotatable bonds is 4. The third kappa shape index (κ3) is 2.64. The molecule has 2 aromatic carbocycles. The van der Waals surface area contributed by atoms with Crippen LogP contribution in [0, 0.1) is 0 Å². The molecule has 1 N–H and O–H groups in total. The fraction of sp³-hybridized carbons (Fsp3) is 0.222. The molecule has 1 aliphatic rings. The fourth-order valence-electron chi connectivity index (χ4n) is 2.85. The van der Waals surface area contributed by atoms with Crippen LogP contribution in [0.3, 0.4) is 0 Å². The van der Waals surface area contributed by atoms with Crippen LogP contribution in [0.1, 0.15) is 18.4 Å². The normalized spacial score (nSPS) is 15.5. The van der Waals surface area contributed by atoms with E-state index in [1.165, 1.54) is 0 Å². The van der Waals surface area contributed by atoms with Crippen LogP contribution in [0.2, 0.25) is 0 Å². The van der Waals surface area contributed by atoms with Crippen molar-refractivity contribution in [1.82, 2.24) is 4.98 Å². The lowest BCUT2D eigenvalue weighted by Gasteiger charge is -2.15. The second kappa shape index (κ2) is 5.65. The molecule has 0 spiro atoms. The number of hydrogen-bond donors (Lipinski definition) is 1. The Labute approximate surface area is 143 Å². The van der Waals surface area contributed by atoms with Gasteiger partial charge in [0.25, 0.3) is 0 Å². The fourth-order valence-corrected chi connectivity index (χ4v) is 4.38. The SMILES string of the molecule is CSc1nc2ccc(NC(=O)C3(c4ccccc4)CC3)cc2s1. The van der Waals surface area contributed by atoms with Crippen molar-refractivity contribution in [2.24, 2.45) is 0 Å². The number of nitrogens with one attached hydrogen (secondary N) is 1. The second-order valence-electron chi connectivity index (χ2n) is 5.77. The first-order valence-corrected chi connectivity index (χ1v) is 9.57. The molecular weight excluding hydrogens is 324 g/mol. The topological polar surface area (TPSA) is 42.0 Å². The Morgan fingerprint density at radius 1 is 1.22 bits per heavy atom. The highest BCUT2D eigenvalue weighted by Crippen LogP contribution is 2.49. The zero-order chi connectivity index (χ0) is 15.9. The van der Waals surface area contributed by atoms with E-state index in [1.807, 2.05) is 54.8 Å². The summed E-state index contributed by atoms with van der Waals surface area (Å²) in [6.07, 6.45) is 3.86. The number of hydrogen-bond acceptors (Lipinski definition) is 4. The third-order valence-corrected chi connectivity index (χ3v) is 6.32. The quantitative estimate of drug-likeness (QED) is 0.701. The van der Waals surface area contributed by atoms with E-state index in [0.717, 1.165) is 38.6 Å². The zero-order valence-electron chi connectivity index (χ0n) is 12.7. The van der Waals surface area contributed by atoms with Crippen molar-refractivity contribution in [2.45, 2.75) is 22.6 Å². The first-order valence-electron chi connectivity index (χ1n) is 7.53. The van der Waals surface area contributed by atoms with Gasteiger partial charge in [-0.1, -0.05) is 42.1 Å². The lowest BCUT2D eigenvalue weighted by Crippen LogP contribution is -2.27. The minimum atomic E-state index is -0.339. The van der Waals surface area contributed by atoms with E-state index in [9.17, 15) is 4.79 Å².